The number of hydrogen-bond acceptors (Lipinski definition) is 7. The second-order valence-electron chi connectivity index (χ2n) is 9.49. The summed E-state index contributed by atoms with van der Waals surface area (Å²) in [4.78, 5) is 26.1. The molecular weight excluding hydrogens is 455 g/mol. The number of aldehydes is 1. The summed E-state index contributed by atoms with van der Waals surface area (Å²) < 4.78 is 36.6. The number of rotatable bonds is 11. The molecule has 7 nitrogen and oxygen atoms in total. The molecule has 2 aromatic rings. The Morgan fingerprint density at radius 2 is 1.50 bits per heavy atom. The van der Waals surface area contributed by atoms with Gasteiger partial charge in [-0.15, -0.1) is 0 Å². The van der Waals surface area contributed by atoms with Gasteiger partial charge in [-0.25, -0.2) is 0 Å². The van der Waals surface area contributed by atoms with Crippen LogP contribution in [0.4, 0.5) is 0 Å². The Balaban J connectivity index is 2.85. The summed E-state index contributed by atoms with van der Waals surface area (Å²) in [6.07, 6.45) is 1.41. The van der Waals surface area contributed by atoms with Crippen LogP contribution in [0.3, 0.4) is 0 Å². The number of carbonyl (C=O) groups is 2. The van der Waals surface area contributed by atoms with Crippen LogP contribution in [-0.2, 0) is 4.57 Å². The van der Waals surface area contributed by atoms with Crippen molar-refractivity contribution in [2.45, 2.75) is 34.1 Å². The number of benzene rings is 2. The minimum Gasteiger partial charge on any atom is -0.496 e. The van der Waals surface area contributed by atoms with E-state index in [-0.39, 0.29) is 56.9 Å². The molecule has 0 heterocycles. The summed E-state index contributed by atoms with van der Waals surface area (Å²) in [7, 11) is 1.82. The lowest BCUT2D eigenvalue weighted by Gasteiger charge is -2.28. The maximum atomic E-state index is 14.9. The van der Waals surface area contributed by atoms with Crippen LogP contribution in [0.15, 0.2) is 30.3 Å². The first-order valence-corrected chi connectivity index (χ1v) is 12.9. The van der Waals surface area contributed by atoms with Crippen molar-refractivity contribution in [1.29, 1.82) is 0 Å². The summed E-state index contributed by atoms with van der Waals surface area (Å²) in [5.74, 6) is 0.796. The molecule has 0 N–H and O–H groups in total. The first kappa shape index (κ1) is 27.5. The molecule has 0 bridgehead atoms. The number of ether oxygens (including phenoxy) is 4. The largest absolute Gasteiger partial charge is 0.496 e. The van der Waals surface area contributed by atoms with Crippen molar-refractivity contribution in [3.05, 3.63) is 41.5 Å². The molecular formula is C26H35O7P. The Morgan fingerprint density at radius 3 is 1.94 bits per heavy atom. The molecule has 186 valence electrons. The van der Waals surface area contributed by atoms with E-state index in [1.807, 2.05) is 6.92 Å². The quantitative estimate of drug-likeness (QED) is 0.306. The van der Waals surface area contributed by atoms with Gasteiger partial charge in [0.05, 0.1) is 39.3 Å². The molecule has 2 atom stereocenters. The van der Waals surface area contributed by atoms with Gasteiger partial charge in [0.1, 0.15) is 28.6 Å². The standard InChI is InChI=1S/C26H35O7P/c1-17(14-26(2,3)4)16-34(29,22-13-12-19(30-5)18(15-27)24(22)33-8)25(28)23-20(31-6)10-9-11-21(23)32-7/h9-13,15,17H,14,16H2,1-8H3. The van der Waals surface area contributed by atoms with Gasteiger partial charge >= 0.3 is 0 Å². The smallest absolute Gasteiger partial charge is 0.233 e. The van der Waals surface area contributed by atoms with Gasteiger partial charge in [0.2, 0.25) is 5.52 Å². The van der Waals surface area contributed by atoms with E-state index in [1.54, 1.807) is 24.3 Å². The van der Waals surface area contributed by atoms with E-state index in [4.69, 9.17) is 18.9 Å². The molecule has 2 rings (SSSR count). The molecule has 0 amide bonds. The Morgan fingerprint density at radius 1 is 0.941 bits per heavy atom. The minimum atomic E-state index is -3.87. The monoisotopic (exact) mass is 490 g/mol. The van der Waals surface area contributed by atoms with Gasteiger partial charge in [0.15, 0.2) is 13.4 Å². The van der Waals surface area contributed by atoms with Crippen LogP contribution < -0.4 is 24.3 Å². The number of carbonyl (C=O) groups excluding carboxylic acids is 2. The topological polar surface area (TPSA) is 88.1 Å². The molecule has 0 aliphatic rings. The minimum absolute atomic E-state index is 0.0344. The van der Waals surface area contributed by atoms with Crippen LogP contribution in [0, 0.1) is 11.3 Å². The first-order chi connectivity index (χ1) is 16.0. The third kappa shape index (κ3) is 5.64. The van der Waals surface area contributed by atoms with E-state index in [0.717, 1.165) is 6.42 Å². The second kappa shape index (κ2) is 11.1. The number of methoxy groups -OCH3 is 4. The fourth-order valence-corrected chi connectivity index (χ4v) is 7.47. The SMILES string of the molecule is COc1ccc(P(=O)(CC(C)CC(C)(C)C)C(=O)c2c(OC)cccc2OC)c(OC)c1C=O. The molecule has 0 saturated heterocycles. The van der Waals surface area contributed by atoms with Crippen molar-refractivity contribution in [3.8, 4) is 23.0 Å². The highest BCUT2D eigenvalue weighted by molar-refractivity contribution is 7.87. The lowest BCUT2D eigenvalue weighted by Crippen LogP contribution is -2.24. The summed E-state index contributed by atoms with van der Waals surface area (Å²) >= 11 is 0. The molecule has 2 unspecified atom stereocenters. The fourth-order valence-electron chi connectivity index (χ4n) is 4.44. The van der Waals surface area contributed by atoms with Gasteiger partial charge in [-0.1, -0.05) is 33.8 Å². The molecule has 0 spiro atoms. The lowest BCUT2D eigenvalue weighted by molar-refractivity contribution is 0.106. The van der Waals surface area contributed by atoms with Gasteiger partial charge in [-0.2, -0.15) is 0 Å². The normalized spacial score (nSPS) is 14.0. The van der Waals surface area contributed by atoms with Crippen LogP contribution in [0.5, 0.6) is 23.0 Å². The average molecular weight is 491 g/mol. The molecule has 0 radical (unpaired) electrons. The van der Waals surface area contributed by atoms with E-state index in [9.17, 15) is 14.2 Å². The average Bonchev–Trinajstić information content (AvgIpc) is 2.80. The van der Waals surface area contributed by atoms with Crippen LogP contribution in [0.1, 0.15) is 54.8 Å². The van der Waals surface area contributed by atoms with Gasteiger partial charge in [0.25, 0.3) is 0 Å². The Bertz CT molecular complexity index is 1060. The predicted molar refractivity (Wildman–Crippen MR) is 134 cm³/mol. The van der Waals surface area contributed by atoms with Crippen LogP contribution in [-0.4, -0.2) is 46.4 Å². The predicted octanol–water partition coefficient (Wildman–Crippen LogP) is 5.43. The fraction of sp³-hybridized carbons (Fsp3) is 0.462. The lowest BCUT2D eigenvalue weighted by atomic mass is 9.86. The van der Waals surface area contributed by atoms with Crippen molar-refractivity contribution in [2.75, 3.05) is 34.6 Å². The third-order valence-electron chi connectivity index (χ3n) is 5.57. The summed E-state index contributed by atoms with van der Waals surface area (Å²) in [6, 6.07) is 8.03. The van der Waals surface area contributed by atoms with Crippen LogP contribution in [0.25, 0.3) is 0 Å². The molecule has 0 fully saturated rings. The van der Waals surface area contributed by atoms with E-state index in [1.165, 1.54) is 34.5 Å². The van der Waals surface area contributed by atoms with Crippen molar-refractivity contribution in [1.82, 2.24) is 0 Å². The molecule has 8 heteroatoms. The van der Waals surface area contributed by atoms with E-state index >= 15 is 0 Å². The Hall–Kier alpha value is -2.79. The highest BCUT2D eigenvalue weighted by atomic mass is 31.2. The number of hydrogen-bond donors (Lipinski definition) is 0. The third-order valence-corrected chi connectivity index (χ3v) is 8.71. The summed E-state index contributed by atoms with van der Waals surface area (Å²) in [6.45, 7) is 8.26. The molecule has 0 aliphatic carbocycles. The maximum absolute atomic E-state index is 14.9. The zero-order chi connectivity index (χ0) is 25.7. The van der Waals surface area contributed by atoms with E-state index in [0.29, 0.717) is 6.29 Å². The van der Waals surface area contributed by atoms with Crippen molar-refractivity contribution in [2.24, 2.45) is 11.3 Å². The second-order valence-corrected chi connectivity index (χ2v) is 12.2. The highest BCUT2D eigenvalue weighted by Gasteiger charge is 2.42. The van der Waals surface area contributed by atoms with Crippen LogP contribution >= 0.6 is 7.14 Å². The maximum Gasteiger partial charge on any atom is 0.233 e. The summed E-state index contributed by atoms with van der Waals surface area (Å²) in [5.41, 5.74) is -0.439. The van der Waals surface area contributed by atoms with E-state index < -0.39 is 12.7 Å². The Labute approximate surface area is 202 Å². The Kier molecular flexibility index (Phi) is 8.96. The van der Waals surface area contributed by atoms with Crippen LogP contribution in [0.2, 0.25) is 0 Å². The molecule has 0 aromatic heterocycles. The zero-order valence-electron chi connectivity index (χ0n) is 21.3. The molecule has 0 saturated carbocycles. The van der Waals surface area contributed by atoms with E-state index in [2.05, 4.69) is 20.8 Å². The van der Waals surface area contributed by atoms with Gasteiger partial charge in [-0.05, 0) is 42.0 Å². The molecule has 0 aliphatic heterocycles. The van der Waals surface area contributed by atoms with Gasteiger partial charge in [-0.3, -0.25) is 9.59 Å². The van der Waals surface area contributed by atoms with Crippen molar-refractivity contribution in [3.63, 3.8) is 0 Å². The summed E-state index contributed by atoms with van der Waals surface area (Å²) in [5, 5.41) is 0.177. The zero-order valence-corrected chi connectivity index (χ0v) is 22.2. The molecule has 34 heavy (non-hydrogen) atoms. The van der Waals surface area contributed by atoms with Gasteiger partial charge in [0, 0.05) is 6.16 Å². The highest BCUT2D eigenvalue weighted by Crippen LogP contribution is 2.55. The first-order valence-electron chi connectivity index (χ1n) is 11.0. The van der Waals surface area contributed by atoms with Gasteiger partial charge < -0.3 is 23.5 Å². The van der Waals surface area contributed by atoms with Crippen molar-refractivity contribution >= 4 is 24.3 Å². The molecule has 2 aromatic carbocycles. The van der Waals surface area contributed by atoms with Crippen molar-refractivity contribution < 1.29 is 33.1 Å².